The van der Waals surface area contributed by atoms with Crippen molar-refractivity contribution in [3.05, 3.63) is 29.3 Å². The van der Waals surface area contributed by atoms with Crippen LogP contribution in [0.5, 0.6) is 0 Å². The lowest BCUT2D eigenvalue weighted by molar-refractivity contribution is -0.154. The van der Waals surface area contributed by atoms with Gasteiger partial charge in [0, 0.05) is 32.6 Å². The Bertz CT molecular complexity index is 891. The van der Waals surface area contributed by atoms with Gasteiger partial charge in [-0.1, -0.05) is 12.1 Å². The zero-order valence-electron chi connectivity index (χ0n) is 16.9. The topological polar surface area (TPSA) is 127 Å². The Kier molecular flexibility index (Phi) is 7.37. The van der Waals surface area contributed by atoms with E-state index in [0.717, 1.165) is 5.56 Å². The first-order chi connectivity index (χ1) is 13.5. The molecule has 0 bridgehead atoms. The average Bonchev–Trinajstić information content (AvgIpc) is 2.67. The zero-order valence-corrected chi connectivity index (χ0v) is 17.7. The molecule has 1 aromatic rings. The normalized spacial score (nSPS) is 16.3. The number of nitrogens with zero attached hydrogens (tertiary/aromatic N) is 2. The van der Waals surface area contributed by atoms with Gasteiger partial charge in [0.1, 0.15) is 0 Å². The fourth-order valence-electron chi connectivity index (χ4n) is 2.98. The second-order valence-corrected chi connectivity index (χ2v) is 8.99. The first kappa shape index (κ1) is 22.8. The van der Waals surface area contributed by atoms with Crippen LogP contribution in [-0.2, 0) is 29.1 Å². The maximum absolute atomic E-state index is 12.9. The molecular formula is C19H27N3O6S. The number of hydrogen-bond acceptors (Lipinski definition) is 6. The van der Waals surface area contributed by atoms with Crippen LogP contribution in [0.3, 0.4) is 0 Å². The smallest absolute Gasteiger partial charge is 0.307 e. The highest BCUT2D eigenvalue weighted by atomic mass is 32.2. The summed E-state index contributed by atoms with van der Waals surface area (Å²) in [5.74, 6) is -1.70. The molecule has 0 spiro atoms. The Hall–Kier alpha value is -2.46. The number of ether oxygens (including phenoxy) is 1. The van der Waals surface area contributed by atoms with Crippen molar-refractivity contribution in [2.45, 2.75) is 44.6 Å². The number of nitrogens with two attached hydrogens (primary N) is 1. The van der Waals surface area contributed by atoms with Crippen molar-refractivity contribution in [3.63, 3.8) is 0 Å². The highest BCUT2D eigenvalue weighted by Crippen LogP contribution is 2.22. The fraction of sp³-hybridized carbons (Fsp3) is 0.526. The first-order valence-electron chi connectivity index (χ1n) is 9.36. The van der Waals surface area contributed by atoms with Crippen molar-refractivity contribution < 1.29 is 27.5 Å². The van der Waals surface area contributed by atoms with Crippen molar-refractivity contribution in [3.8, 4) is 0 Å². The molecule has 10 heteroatoms. The van der Waals surface area contributed by atoms with E-state index < -0.39 is 28.0 Å². The van der Waals surface area contributed by atoms with Gasteiger partial charge in [-0.2, -0.15) is 4.31 Å². The van der Waals surface area contributed by atoms with Crippen molar-refractivity contribution in [2.75, 3.05) is 26.2 Å². The molecule has 1 heterocycles. The first-order valence-corrected chi connectivity index (χ1v) is 10.8. The third kappa shape index (κ3) is 5.77. The molecule has 160 valence electrons. The standard InChI is InChI=1S/C19H27N3O6S/c1-13-4-5-14(2)16(12-13)29(26,27)22-10-8-21(9-11-22)17(23)6-7-18(24)28-15(3)19(20)25/h4-5,12,15H,6-11H2,1-3H3,(H2,20,25)/t15-/m0/s1. The van der Waals surface area contributed by atoms with E-state index in [0.29, 0.717) is 5.56 Å². The molecule has 1 aliphatic rings. The van der Waals surface area contributed by atoms with E-state index in [1.54, 1.807) is 19.1 Å². The molecule has 1 aromatic carbocycles. The maximum Gasteiger partial charge on any atom is 0.307 e. The molecule has 0 aliphatic carbocycles. The van der Waals surface area contributed by atoms with Crippen LogP contribution in [0.1, 0.15) is 30.9 Å². The lowest BCUT2D eigenvalue weighted by Crippen LogP contribution is -2.50. The van der Waals surface area contributed by atoms with Crippen LogP contribution in [0.2, 0.25) is 0 Å². The molecular weight excluding hydrogens is 398 g/mol. The molecule has 1 atom stereocenters. The van der Waals surface area contributed by atoms with E-state index in [1.807, 2.05) is 13.0 Å². The lowest BCUT2D eigenvalue weighted by Gasteiger charge is -2.34. The summed E-state index contributed by atoms with van der Waals surface area (Å²) in [4.78, 5) is 36.7. The summed E-state index contributed by atoms with van der Waals surface area (Å²) in [6, 6.07) is 5.29. The van der Waals surface area contributed by atoms with Gasteiger partial charge in [0.05, 0.1) is 11.3 Å². The molecule has 2 rings (SSSR count). The Morgan fingerprint density at radius 3 is 2.31 bits per heavy atom. The van der Waals surface area contributed by atoms with Gasteiger partial charge in [0.25, 0.3) is 5.91 Å². The van der Waals surface area contributed by atoms with Crippen molar-refractivity contribution >= 4 is 27.8 Å². The van der Waals surface area contributed by atoms with Crippen LogP contribution >= 0.6 is 0 Å². The third-order valence-corrected chi connectivity index (χ3v) is 6.85. The van der Waals surface area contributed by atoms with Gasteiger partial charge in [-0.3, -0.25) is 14.4 Å². The molecule has 1 saturated heterocycles. The van der Waals surface area contributed by atoms with E-state index in [1.165, 1.54) is 16.1 Å². The number of esters is 1. The Morgan fingerprint density at radius 2 is 1.72 bits per heavy atom. The molecule has 9 nitrogen and oxygen atoms in total. The SMILES string of the molecule is Cc1ccc(C)c(S(=O)(=O)N2CCN(C(=O)CCC(=O)O[C@@H](C)C(N)=O)CC2)c1. The molecule has 1 fully saturated rings. The highest BCUT2D eigenvalue weighted by Gasteiger charge is 2.31. The van der Waals surface area contributed by atoms with Gasteiger partial charge in [0.2, 0.25) is 15.9 Å². The second kappa shape index (κ2) is 9.36. The van der Waals surface area contributed by atoms with Crippen molar-refractivity contribution in [1.82, 2.24) is 9.21 Å². The number of aryl methyl sites for hydroxylation is 2. The van der Waals surface area contributed by atoms with Crippen molar-refractivity contribution in [2.24, 2.45) is 5.73 Å². The predicted molar refractivity (Wildman–Crippen MR) is 105 cm³/mol. The summed E-state index contributed by atoms with van der Waals surface area (Å²) in [5, 5.41) is 0. The van der Waals surface area contributed by atoms with Gasteiger partial charge in [-0.25, -0.2) is 8.42 Å². The molecule has 0 unspecified atom stereocenters. The number of carbonyl (C=O) groups is 3. The molecule has 1 aliphatic heterocycles. The number of primary amides is 1. The predicted octanol–water partition coefficient (Wildman–Crippen LogP) is 0.334. The minimum atomic E-state index is -3.63. The highest BCUT2D eigenvalue weighted by molar-refractivity contribution is 7.89. The van der Waals surface area contributed by atoms with Crippen LogP contribution in [-0.4, -0.2) is 67.7 Å². The number of rotatable bonds is 7. The number of amides is 2. The summed E-state index contributed by atoms with van der Waals surface area (Å²) < 4.78 is 32.1. The number of piperazine rings is 1. The molecule has 0 saturated carbocycles. The summed E-state index contributed by atoms with van der Waals surface area (Å²) in [6.45, 7) is 5.81. The maximum atomic E-state index is 12.9. The van der Waals surface area contributed by atoms with Gasteiger partial charge in [0.15, 0.2) is 6.10 Å². The monoisotopic (exact) mass is 425 g/mol. The van der Waals surface area contributed by atoms with Crippen LogP contribution in [0.15, 0.2) is 23.1 Å². The molecule has 29 heavy (non-hydrogen) atoms. The van der Waals surface area contributed by atoms with Crippen LogP contribution < -0.4 is 5.73 Å². The zero-order chi connectivity index (χ0) is 21.8. The summed E-state index contributed by atoms with van der Waals surface area (Å²) in [6.07, 6.45) is -1.29. The third-order valence-electron chi connectivity index (χ3n) is 4.80. The summed E-state index contributed by atoms with van der Waals surface area (Å²) >= 11 is 0. The van der Waals surface area contributed by atoms with E-state index in [2.05, 4.69) is 0 Å². The minimum Gasteiger partial charge on any atom is -0.453 e. The largest absolute Gasteiger partial charge is 0.453 e. The van der Waals surface area contributed by atoms with Crippen LogP contribution in [0.4, 0.5) is 0 Å². The molecule has 0 aromatic heterocycles. The molecule has 2 N–H and O–H groups in total. The number of benzene rings is 1. The second-order valence-electron chi connectivity index (χ2n) is 7.09. The van der Waals surface area contributed by atoms with Gasteiger partial charge in [-0.15, -0.1) is 0 Å². The average molecular weight is 426 g/mol. The lowest BCUT2D eigenvalue weighted by atomic mass is 10.2. The quantitative estimate of drug-likeness (QED) is 0.628. The number of sulfonamides is 1. The Labute approximate surface area is 170 Å². The fourth-order valence-corrected chi connectivity index (χ4v) is 4.72. The Balaban J connectivity index is 1.90. The van der Waals surface area contributed by atoms with E-state index in [9.17, 15) is 22.8 Å². The Morgan fingerprint density at radius 1 is 1.10 bits per heavy atom. The number of hydrogen-bond donors (Lipinski definition) is 1. The molecule has 2 amide bonds. The number of carbonyl (C=O) groups excluding carboxylic acids is 3. The van der Waals surface area contributed by atoms with E-state index >= 15 is 0 Å². The van der Waals surface area contributed by atoms with Gasteiger partial charge >= 0.3 is 5.97 Å². The van der Waals surface area contributed by atoms with E-state index in [-0.39, 0.29) is 49.8 Å². The minimum absolute atomic E-state index is 0.0753. The van der Waals surface area contributed by atoms with Gasteiger partial charge in [-0.05, 0) is 38.0 Å². The van der Waals surface area contributed by atoms with Crippen LogP contribution in [0, 0.1) is 13.8 Å². The summed E-state index contributed by atoms with van der Waals surface area (Å²) in [5.41, 5.74) is 6.56. The van der Waals surface area contributed by atoms with Gasteiger partial charge < -0.3 is 15.4 Å². The summed E-state index contributed by atoms with van der Waals surface area (Å²) in [7, 11) is -3.63. The molecule has 0 radical (unpaired) electrons. The van der Waals surface area contributed by atoms with Crippen LogP contribution in [0.25, 0.3) is 0 Å². The van der Waals surface area contributed by atoms with Crippen molar-refractivity contribution in [1.29, 1.82) is 0 Å². The van der Waals surface area contributed by atoms with E-state index in [4.69, 9.17) is 10.5 Å².